The average Bonchev–Trinajstić information content (AvgIpc) is 2.78. The van der Waals surface area contributed by atoms with E-state index in [0.29, 0.717) is 19.0 Å². The maximum Gasteiger partial charge on any atom is 0.271 e. The predicted octanol–water partition coefficient (Wildman–Crippen LogP) is 3.98. The van der Waals surface area contributed by atoms with Gasteiger partial charge in [0.25, 0.3) is 5.56 Å². The lowest BCUT2D eigenvalue weighted by molar-refractivity contribution is 0.147. The van der Waals surface area contributed by atoms with E-state index in [4.69, 9.17) is 5.10 Å². The average molecular weight is 417 g/mol. The SMILES string of the molecule is CC(C)Cn1nc(-c2ccc(-c3ccccc3)cc2)cc(CN2CCN(C)CC2)c1=O. The van der Waals surface area contributed by atoms with Crippen LogP contribution in [0.25, 0.3) is 22.4 Å². The van der Waals surface area contributed by atoms with Gasteiger partial charge in [0.15, 0.2) is 0 Å². The molecular weight excluding hydrogens is 384 g/mol. The summed E-state index contributed by atoms with van der Waals surface area (Å²) < 4.78 is 1.66. The molecule has 0 aliphatic carbocycles. The van der Waals surface area contributed by atoms with Crippen LogP contribution in [0.5, 0.6) is 0 Å². The second-order valence-electron chi connectivity index (χ2n) is 8.96. The molecule has 0 atom stereocenters. The van der Waals surface area contributed by atoms with Gasteiger partial charge in [0, 0.05) is 50.4 Å². The van der Waals surface area contributed by atoms with Crippen LogP contribution in [-0.4, -0.2) is 52.8 Å². The van der Waals surface area contributed by atoms with E-state index in [1.807, 2.05) is 12.1 Å². The fourth-order valence-electron chi connectivity index (χ4n) is 4.03. The summed E-state index contributed by atoms with van der Waals surface area (Å²) in [5.41, 5.74) is 5.15. The molecule has 4 rings (SSSR count). The lowest BCUT2D eigenvalue weighted by atomic mass is 10.0. The van der Waals surface area contributed by atoms with Crippen molar-refractivity contribution in [2.75, 3.05) is 33.2 Å². The topological polar surface area (TPSA) is 41.4 Å². The third-order valence-electron chi connectivity index (χ3n) is 5.86. The molecule has 0 bridgehead atoms. The molecule has 1 aromatic heterocycles. The fraction of sp³-hybridized carbons (Fsp3) is 0.385. The van der Waals surface area contributed by atoms with Crippen LogP contribution in [-0.2, 0) is 13.1 Å². The smallest absolute Gasteiger partial charge is 0.271 e. The van der Waals surface area contributed by atoms with Gasteiger partial charge in [-0.05, 0) is 30.2 Å². The van der Waals surface area contributed by atoms with Gasteiger partial charge in [0.05, 0.1) is 5.69 Å². The Morgan fingerprint density at radius 2 is 1.48 bits per heavy atom. The van der Waals surface area contributed by atoms with Gasteiger partial charge in [-0.25, -0.2) is 4.68 Å². The molecule has 1 fully saturated rings. The lowest BCUT2D eigenvalue weighted by Crippen LogP contribution is -2.45. The van der Waals surface area contributed by atoms with Crippen molar-refractivity contribution in [2.45, 2.75) is 26.9 Å². The Balaban J connectivity index is 1.65. The second kappa shape index (κ2) is 9.58. The monoisotopic (exact) mass is 416 g/mol. The van der Waals surface area contributed by atoms with E-state index in [1.165, 1.54) is 11.1 Å². The molecule has 162 valence electrons. The van der Waals surface area contributed by atoms with Crippen molar-refractivity contribution < 1.29 is 0 Å². The zero-order valence-electron chi connectivity index (χ0n) is 18.8. The summed E-state index contributed by atoms with van der Waals surface area (Å²) in [6, 6.07) is 20.8. The van der Waals surface area contributed by atoms with Gasteiger partial charge in [0.1, 0.15) is 0 Å². The molecule has 0 spiro atoms. The minimum atomic E-state index is 0.0392. The summed E-state index contributed by atoms with van der Waals surface area (Å²) >= 11 is 0. The highest BCUT2D eigenvalue weighted by atomic mass is 16.1. The van der Waals surface area contributed by atoms with Gasteiger partial charge in [0.2, 0.25) is 0 Å². The first-order valence-electron chi connectivity index (χ1n) is 11.2. The van der Waals surface area contributed by atoms with Crippen LogP contribution in [0.2, 0.25) is 0 Å². The fourth-order valence-corrected chi connectivity index (χ4v) is 4.03. The molecule has 0 unspecified atom stereocenters. The summed E-state index contributed by atoms with van der Waals surface area (Å²) in [5, 5.41) is 4.73. The molecule has 2 heterocycles. The number of aromatic nitrogens is 2. The first kappa shape index (κ1) is 21.5. The van der Waals surface area contributed by atoms with E-state index in [0.717, 1.165) is 43.0 Å². The number of benzene rings is 2. The van der Waals surface area contributed by atoms with Crippen molar-refractivity contribution in [1.82, 2.24) is 19.6 Å². The summed E-state index contributed by atoms with van der Waals surface area (Å²) in [6.45, 7) is 9.61. The normalized spacial score (nSPS) is 15.5. The number of hydrogen-bond acceptors (Lipinski definition) is 4. The quantitative estimate of drug-likeness (QED) is 0.610. The molecule has 0 amide bonds. The third kappa shape index (κ3) is 5.30. The first-order valence-corrected chi connectivity index (χ1v) is 11.2. The third-order valence-corrected chi connectivity index (χ3v) is 5.86. The maximum absolute atomic E-state index is 13.1. The Labute approximate surface area is 184 Å². The molecule has 1 saturated heterocycles. The highest BCUT2D eigenvalue weighted by Gasteiger charge is 2.18. The number of piperazine rings is 1. The van der Waals surface area contributed by atoms with E-state index in [9.17, 15) is 4.79 Å². The minimum absolute atomic E-state index is 0.0392. The Morgan fingerprint density at radius 1 is 0.871 bits per heavy atom. The minimum Gasteiger partial charge on any atom is -0.304 e. The summed E-state index contributed by atoms with van der Waals surface area (Å²) in [5.74, 6) is 0.359. The molecule has 0 N–H and O–H groups in total. The van der Waals surface area contributed by atoms with Gasteiger partial charge in [-0.15, -0.1) is 0 Å². The lowest BCUT2D eigenvalue weighted by Gasteiger charge is -2.32. The molecule has 31 heavy (non-hydrogen) atoms. The molecule has 0 radical (unpaired) electrons. The van der Waals surface area contributed by atoms with Crippen molar-refractivity contribution >= 4 is 0 Å². The highest BCUT2D eigenvalue weighted by molar-refractivity contribution is 5.68. The van der Waals surface area contributed by atoms with Crippen molar-refractivity contribution in [2.24, 2.45) is 5.92 Å². The predicted molar refractivity (Wildman–Crippen MR) is 127 cm³/mol. The van der Waals surface area contributed by atoms with Gasteiger partial charge in [-0.2, -0.15) is 5.10 Å². The standard InChI is InChI=1S/C26H32N4O/c1-20(2)18-30-26(31)24(19-29-15-13-28(3)14-16-29)17-25(27-30)23-11-9-22(10-12-23)21-7-5-4-6-8-21/h4-12,17,20H,13-16,18-19H2,1-3H3. The highest BCUT2D eigenvalue weighted by Crippen LogP contribution is 2.24. The first-order chi connectivity index (χ1) is 15.0. The molecular formula is C26H32N4O. The van der Waals surface area contributed by atoms with Crippen LogP contribution in [0.3, 0.4) is 0 Å². The molecule has 1 aliphatic rings. The van der Waals surface area contributed by atoms with E-state index >= 15 is 0 Å². The van der Waals surface area contributed by atoms with Gasteiger partial charge in [-0.1, -0.05) is 68.4 Å². The van der Waals surface area contributed by atoms with Gasteiger partial charge in [-0.3, -0.25) is 9.69 Å². The molecule has 1 aliphatic heterocycles. The van der Waals surface area contributed by atoms with Crippen LogP contribution in [0.15, 0.2) is 65.5 Å². The van der Waals surface area contributed by atoms with E-state index in [1.54, 1.807) is 4.68 Å². The van der Waals surface area contributed by atoms with Crippen LogP contribution in [0.1, 0.15) is 19.4 Å². The second-order valence-corrected chi connectivity index (χ2v) is 8.96. The Kier molecular flexibility index (Phi) is 6.64. The number of likely N-dealkylation sites (N-methyl/N-ethyl adjacent to an activating group) is 1. The summed E-state index contributed by atoms with van der Waals surface area (Å²) in [4.78, 5) is 17.8. The molecule has 5 nitrogen and oxygen atoms in total. The van der Waals surface area contributed by atoms with Crippen molar-refractivity contribution in [3.63, 3.8) is 0 Å². The molecule has 2 aromatic carbocycles. The van der Waals surface area contributed by atoms with Crippen molar-refractivity contribution in [1.29, 1.82) is 0 Å². The molecule has 0 saturated carbocycles. The van der Waals surface area contributed by atoms with Gasteiger partial charge >= 0.3 is 0 Å². The summed E-state index contributed by atoms with van der Waals surface area (Å²) in [6.07, 6.45) is 0. The van der Waals surface area contributed by atoms with Crippen LogP contribution < -0.4 is 5.56 Å². The van der Waals surface area contributed by atoms with E-state index in [-0.39, 0.29) is 5.56 Å². The van der Waals surface area contributed by atoms with Gasteiger partial charge < -0.3 is 4.90 Å². The zero-order valence-corrected chi connectivity index (χ0v) is 18.8. The van der Waals surface area contributed by atoms with Crippen LogP contribution >= 0.6 is 0 Å². The van der Waals surface area contributed by atoms with Crippen LogP contribution in [0, 0.1) is 5.92 Å². The van der Waals surface area contributed by atoms with Crippen molar-refractivity contribution in [3.8, 4) is 22.4 Å². The largest absolute Gasteiger partial charge is 0.304 e. The van der Waals surface area contributed by atoms with E-state index in [2.05, 4.69) is 79.2 Å². The zero-order chi connectivity index (χ0) is 21.8. The molecule has 3 aromatic rings. The van der Waals surface area contributed by atoms with Crippen molar-refractivity contribution in [3.05, 3.63) is 76.6 Å². The Bertz CT molecular complexity index is 1050. The number of hydrogen-bond donors (Lipinski definition) is 0. The van der Waals surface area contributed by atoms with Crippen LogP contribution in [0.4, 0.5) is 0 Å². The maximum atomic E-state index is 13.1. The summed E-state index contributed by atoms with van der Waals surface area (Å²) in [7, 11) is 2.15. The van der Waals surface area contributed by atoms with E-state index < -0.39 is 0 Å². The Hall–Kier alpha value is -2.76. The Morgan fingerprint density at radius 3 is 2.13 bits per heavy atom. The number of nitrogens with zero attached hydrogens (tertiary/aromatic N) is 4. The molecule has 5 heteroatoms. The number of rotatable bonds is 6.